The van der Waals surface area contributed by atoms with E-state index in [1.54, 1.807) is 36.4 Å². The van der Waals surface area contributed by atoms with E-state index in [2.05, 4.69) is 20.5 Å². The number of anilines is 1. The van der Waals surface area contributed by atoms with E-state index in [0.717, 1.165) is 11.4 Å². The van der Waals surface area contributed by atoms with Crippen LogP contribution in [0.4, 0.5) is 5.69 Å². The lowest BCUT2D eigenvalue weighted by Gasteiger charge is -2.31. The van der Waals surface area contributed by atoms with Crippen molar-refractivity contribution in [2.24, 2.45) is 5.92 Å². The highest BCUT2D eigenvalue weighted by Crippen LogP contribution is 2.23. The minimum Gasteiger partial charge on any atom is -0.497 e. The molecule has 8 heteroatoms. The number of amides is 2. The monoisotopic (exact) mass is 405 g/mol. The van der Waals surface area contributed by atoms with Crippen molar-refractivity contribution < 1.29 is 14.3 Å². The van der Waals surface area contributed by atoms with E-state index in [0.29, 0.717) is 43.0 Å². The largest absolute Gasteiger partial charge is 0.497 e. The minimum atomic E-state index is -0.123. The molecule has 1 saturated heterocycles. The Balaban J connectivity index is 1.32. The Bertz CT molecular complexity index is 1010. The van der Waals surface area contributed by atoms with Crippen LogP contribution in [-0.4, -0.2) is 52.1 Å². The van der Waals surface area contributed by atoms with Gasteiger partial charge in [0.2, 0.25) is 5.91 Å². The summed E-state index contributed by atoms with van der Waals surface area (Å²) in [6.45, 7) is 1.05. The molecule has 1 aromatic carbocycles. The van der Waals surface area contributed by atoms with E-state index >= 15 is 0 Å². The third kappa shape index (κ3) is 4.32. The number of hydrogen-bond donors (Lipinski definition) is 2. The van der Waals surface area contributed by atoms with Crippen LogP contribution in [0.15, 0.2) is 54.7 Å². The molecule has 1 aliphatic rings. The van der Waals surface area contributed by atoms with Gasteiger partial charge in [0.05, 0.1) is 12.8 Å². The van der Waals surface area contributed by atoms with Crippen molar-refractivity contribution in [3.63, 3.8) is 0 Å². The maximum atomic E-state index is 12.8. The maximum absolute atomic E-state index is 12.8. The van der Waals surface area contributed by atoms with E-state index in [1.807, 2.05) is 30.3 Å². The highest BCUT2D eigenvalue weighted by molar-refractivity contribution is 5.94. The van der Waals surface area contributed by atoms with E-state index in [-0.39, 0.29) is 17.7 Å². The number of rotatable bonds is 5. The third-order valence-electron chi connectivity index (χ3n) is 5.25. The third-order valence-corrected chi connectivity index (χ3v) is 5.25. The van der Waals surface area contributed by atoms with Gasteiger partial charge in [-0.25, -0.2) is 0 Å². The number of pyridine rings is 1. The predicted octanol–water partition coefficient (Wildman–Crippen LogP) is 2.97. The number of carbonyl (C=O) groups excluding carboxylic acids is 2. The van der Waals surface area contributed by atoms with E-state index in [9.17, 15) is 9.59 Å². The van der Waals surface area contributed by atoms with Crippen LogP contribution in [0.1, 0.15) is 23.3 Å². The molecule has 0 bridgehead atoms. The number of carbonyl (C=O) groups is 2. The van der Waals surface area contributed by atoms with Gasteiger partial charge in [-0.15, -0.1) is 0 Å². The number of piperidine rings is 1. The first-order chi connectivity index (χ1) is 14.6. The lowest BCUT2D eigenvalue weighted by atomic mass is 9.95. The van der Waals surface area contributed by atoms with Crippen LogP contribution in [0.3, 0.4) is 0 Å². The van der Waals surface area contributed by atoms with Crippen molar-refractivity contribution >= 4 is 17.5 Å². The molecule has 8 nitrogen and oxygen atoms in total. The molecule has 30 heavy (non-hydrogen) atoms. The molecule has 0 spiro atoms. The van der Waals surface area contributed by atoms with Gasteiger partial charge in [-0.05, 0) is 55.3 Å². The average Bonchev–Trinajstić information content (AvgIpc) is 3.30. The Kier molecular flexibility index (Phi) is 5.74. The van der Waals surface area contributed by atoms with Gasteiger partial charge < -0.3 is 15.0 Å². The number of nitrogens with one attached hydrogen (secondary N) is 2. The second kappa shape index (κ2) is 8.77. The molecule has 0 saturated carbocycles. The van der Waals surface area contributed by atoms with Crippen molar-refractivity contribution in [2.45, 2.75) is 12.8 Å². The second-order valence-corrected chi connectivity index (χ2v) is 7.17. The summed E-state index contributed by atoms with van der Waals surface area (Å²) in [5.41, 5.74) is 2.50. The molecule has 4 rings (SSSR count). The summed E-state index contributed by atoms with van der Waals surface area (Å²) in [7, 11) is 1.60. The predicted molar refractivity (Wildman–Crippen MR) is 112 cm³/mol. The number of likely N-dealkylation sites (tertiary alicyclic amines) is 1. The lowest BCUT2D eigenvalue weighted by Crippen LogP contribution is -2.41. The first-order valence-corrected chi connectivity index (χ1v) is 9.85. The quantitative estimate of drug-likeness (QED) is 0.680. The fourth-order valence-corrected chi connectivity index (χ4v) is 3.51. The minimum absolute atomic E-state index is 0.0220. The van der Waals surface area contributed by atoms with Crippen molar-refractivity contribution in [3.05, 3.63) is 60.4 Å². The molecule has 3 heterocycles. The molecular weight excluding hydrogens is 382 g/mol. The van der Waals surface area contributed by atoms with Crippen LogP contribution >= 0.6 is 0 Å². The molecule has 1 fully saturated rings. The van der Waals surface area contributed by atoms with Crippen LogP contribution in [0.2, 0.25) is 0 Å². The first kappa shape index (κ1) is 19.6. The van der Waals surface area contributed by atoms with Crippen molar-refractivity contribution in [1.82, 2.24) is 20.1 Å². The van der Waals surface area contributed by atoms with Crippen LogP contribution in [0, 0.1) is 5.92 Å². The van der Waals surface area contributed by atoms with Crippen molar-refractivity contribution in [1.29, 1.82) is 0 Å². The Morgan fingerprint density at radius 2 is 1.87 bits per heavy atom. The molecule has 3 aromatic rings. The molecule has 2 N–H and O–H groups in total. The Morgan fingerprint density at radius 3 is 2.53 bits per heavy atom. The molecule has 0 unspecified atom stereocenters. The summed E-state index contributed by atoms with van der Waals surface area (Å²) < 4.78 is 5.13. The highest BCUT2D eigenvalue weighted by atomic mass is 16.5. The summed E-state index contributed by atoms with van der Waals surface area (Å²) in [5.74, 6) is 0.483. The number of aromatic nitrogens is 3. The molecule has 1 aliphatic heterocycles. The van der Waals surface area contributed by atoms with Crippen molar-refractivity contribution in [3.8, 4) is 17.1 Å². The average molecular weight is 405 g/mol. The second-order valence-electron chi connectivity index (χ2n) is 7.17. The smallest absolute Gasteiger partial charge is 0.271 e. The Labute approximate surface area is 174 Å². The fourth-order valence-electron chi connectivity index (χ4n) is 3.51. The molecule has 154 valence electrons. The molecule has 0 aliphatic carbocycles. The molecule has 0 radical (unpaired) electrons. The normalized spacial score (nSPS) is 14.4. The fraction of sp³-hybridized carbons (Fsp3) is 0.273. The Morgan fingerprint density at radius 1 is 1.10 bits per heavy atom. The van der Waals surface area contributed by atoms with Crippen molar-refractivity contribution in [2.75, 3.05) is 25.5 Å². The zero-order valence-corrected chi connectivity index (χ0v) is 16.7. The summed E-state index contributed by atoms with van der Waals surface area (Å²) >= 11 is 0. The van der Waals surface area contributed by atoms with Crippen LogP contribution in [0.5, 0.6) is 5.75 Å². The van der Waals surface area contributed by atoms with E-state index in [4.69, 9.17) is 4.74 Å². The van der Waals surface area contributed by atoms with Crippen LogP contribution in [0.25, 0.3) is 11.4 Å². The first-order valence-electron chi connectivity index (χ1n) is 9.85. The number of ether oxygens (including phenoxy) is 1. The summed E-state index contributed by atoms with van der Waals surface area (Å²) in [4.78, 5) is 31.4. The molecule has 0 atom stereocenters. The van der Waals surface area contributed by atoms with Gasteiger partial charge in [0.15, 0.2) is 0 Å². The number of benzene rings is 1. The molecule has 2 aromatic heterocycles. The summed E-state index contributed by atoms with van der Waals surface area (Å²) in [6.07, 6.45) is 2.93. The number of methoxy groups -OCH3 is 1. The van der Waals surface area contributed by atoms with Gasteiger partial charge in [-0.3, -0.25) is 19.7 Å². The van der Waals surface area contributed by atoms with Gasteiger partial charge in [-0.1, -0.05) is 6.07 Å². The number of nitrogens with zero attached hydrogens (tertiary/aromatic N) is 3. The van der Waals surface area contributed by atoms with Gasteiger partial charge in [0.25, 0.3) is 5.91 Å². The van der Waals surface area contributed by atoms with E-state index in [1.165, 1.54) is 0 Å². The van der Waals surface area contributed by atoms with Gasteiger partial charge in [0.1, 0.15) is 17.1 Å². The number of hydrogen-bond acceptors (Lipinski definition) is 5. The zero-order chi connectivity index (χ0) is 20.9. The van der Waals surface area contributed by atoms with Gasteiger partial charge in [0, 0.05) is 30.9 Å². The van der Waals surface area contributed by atoms with Gasteiger partial charge >= 0.3 is 0 Å². The van der Waals surface area contributed by atoms with Crippen LogP contribution < -0.4 is 10.1 Å². The SMILES string of the molecule is COc1ccc(NC(=O)C2CCN(C(=O)c3cc(-c4ccccn4)n[nH]3)CC2)cc1. The molecule has 2 amide bonds. The zero-order valence-electron chi connectivity index (χ0n) is 16.7. The Hall–Kier alpha value is -3.68. The van der Waals surface area contributed by atoms with Crippen LogP contribution in [-0.2, 0) is 4.79 Å². The lowest BCUT2D eigenvalue weighted by molar-refractivity contribution is -0.121. The standard InChI is InChI=1S/C22H23N5O3/c1-30-17-7-5-16(6-8-17)24-21(28)15-9-12-27(13-10-15)22(29)20-14-19(25-26-20)18-4-2-3-11-23-18/h2-8,11,14-15H,9-10,12-13H2,1H3,(H,24,28)(H,25,26). The number of H-pyrrole nitrogens is 1. The number of aromatic amines is 1. The summed E-state index contributed by atoms with van der Waals surface area (Å²) in [6, 6.07) is 14.5. The topological polar surface area (TPSA) is 100 Å². The summed E-state index contributed by atoms with van der Waals surface area (Å²) in [5, 5.41) is 9.94. The van der Waals surface area contributed by atoms with Gasteiger partial charge in [-0.2, -0.15) is 5.10 Å². The maximum Gasteiger partial charge on any atom is 0.271 e. The molecular formula is C22H23N5O3. The highest BCUT2D eigenvalue weighted by Gasteiger charge is 2.28. The van der Waals surface area contributed by atoms with E-state index < -0.39 is 0 Å².